The number of hydrogen-bond donors (Lipinski definition) is 1. The Morgan fingerprint density at radius 3 is 2.76 bits per heavy atom. The van der Waals surface area contributed by atoms with E-state index >= 15 is 0 Å². The normalized spacial score (nSPS) is 13.0. The van der Waals surface area contributed by atoms with Crippen LogP contribution >= 0.6 is 11.3 Å². The first-order valence-corrected chi connectivity index (χ1v) is 12.3. The Kier molecular flexibility index (Phi) is 7.54. The van der Waals surface area contributed by atoms with Crippen molar-refractivity contribution in [2.24, 2.45) is 0 Å². The summed E-state index contributed by atoms with van der Waals surface area (Å²) in [5.74, 6) is -0.472. The van der Waals surface area contributed by atoms with Gasteiger partial charge in [0.25, 0.3) is 5.56 Å². The van der Waals surface area contributed by atoms with Crippen LogP contribution in [0.15, 0.2) is 35.4 Å². The van der Waals surface area contributed by atoms with E-state index < -0.39 is 5.97 Å². The van der Waals surface area contributed by atoms with Crippen LogP contribution in [-0.2, 0) is 40.1 Å². The Labute approximate surface area is 196 Å². The monoisotopic (exact) mass is 467 g/mol. The van der Waals surface area contributed by atoms with Crippen molar-refractivity contribution in [3.8, 4) is 0 Å². The molecule has 33 heavy (non-hydrogen) atoms. The average molecular weight is 468 g/mol. The van der Waals surface area contributed by atoms with Gasteiger partial charge < -0.3 is 10.1 Å². The molecule has 4 rings (SSSR count). The number of hydrogen-bond acceptors (Lipinski definition) is 6. The number of carbonyl (C=O) groups excluding carboxylic acids is 2. The average Bonchev–Trinajstić information content (AvgIpc) is 3.20. The summed E-state index contributed by atoms with van der Waals surface area (Å²) in [6.07, 6.45) is 6.87. The lowest BCUT2D eigenvalue weighted by atomic mass is 9.97. The van der Waals surface area contributed by atoms with Gasteiger partial charge in [-0.25, -0.2) is 4.98 Å². The molecule has 0 aliphatic heterocycles. The van der Waals surface area contributed by atoms with Gasteiger partial charge in [0, 0.05) is 17.8 Å². The van der Waals surface area contributed by atoms with Crippen molar-refractivity contribution >= 4 is 33.4 Å². The zero-order valence-corrected chi connectivity index (χ0v) is 19.7. The van der Waals surface area contributed by atoms with E-state index in [1.807, 2.05) is 31.2 Å². The molecule has 8 heteroatoms. The summed E-state index contributed by atoms with van der Waals surface area (Å²) in [7, 11) is 0. The minimum absolute atomic E-state index is 0.0725. The van der Waals surface area contributed by atoms with E-state index in [-0.39, 0.29) is 37.6 Å². The summed E-state index contributed by atoms with van der Waals surface area (Å²) < 4.78 is 6.70. The van der Waals surface area contributed by atoms with Gasteiger partial charge in [-0.2, -0.15) is 0 Å². The van der Waals surface area contributed by atoms with Gasteiger partial charge in [0.05, 0.1) is 24.7 Å². The first-order valence-electron chi connectivity index (χ1n) is 11.5. The Morgan fingerprint density at radius 1 is 1.15 bits per heavy atom. The zero-order valence-electron chi connectivity index (χ0n) is 18.9. The molecule has 1 aromatic carbocycles. The molecule has 0 spiro atoms. The number of aromatic nitrogens is 2. The molecule has 0 fully saturated rings. The number of benzene rings is 1. The highest BCUT2D eigenvalue weighted by atomic mass is 32.1. The number of carbonyl (C=O) groups is 2. The van der Waals surface area contributed by atoms with Crippen molar-refractivity contribution in [1.82, 2.24) is 14.9 Å². The van der Waals surface area contributed by atoms with Gasteiger partial charge in [-0.05, 0) is 50.2 Å². The number of ether oxygens (including phenoxy) is 1. The van der Waals surface area contributed by atoms with E-state index in [0.717, 1.165) is 47.0 Å². The minimum atomic E-state index is -0.400. The highest BCUT2D eigenvalue weighted by Gasteiger charge is 2.20. The third-order valence-corrected chi connectivity index (χ3v) is 7.15. The molecule has 0 bridgehead atoms. The number of nitrogens with zero attached hydrogens (tertiary/aromatic N) is 2. The summed E-state index contributed by atoms with van der Waals surface area (Å²) in [4.78, 5) is 43.5. The van der Waals surface area contributed by atoms with Crippen LogP contribution in [0.5, 0.6) is 0 Å². The Hall–Kier alpha value is -3.00. The second-order valence-electron chi connectivity index (χ2n) is 8.44. The first kappa shape index (κ1) is 23.2. The Balaban J connectivity index is 1.19. The summed E-state index contributed by atoms with van der Waals surface area (Å²) in [5, 5.41) is 3.49. The molecule has 2 aromatic heterocycles. The quantitative estimate of drug-likeness (QED) is 0.385. The van der Waals surface area contributed by atoms with E-state index in [2.05, 4.69) is 10.3 Å². The minimum Gasteiger partial charge on any atom is -0.464 e. The maximum Gasteiger partial charge on any atom is 0.307 e. The molecule has 3 aromatic rings. The van der Waals surface area contributed by atoms with Crippen molar-refractivity contribution in [2.75, 3.05) is 13.2 Å². The molecule has 7 nitrogen and oxygen atoms in total. The van der Waals surface area contributed by atoms with Gasteiger partial charge in [0.1, 0.15) is 11.4 Å². The van der Waals surface area contributed by atoms with E-state index in [1.54, 1.807) is 11.3 Å². The zero-order chi connectivity index (χ0) is 23.2. The van der Waals surface area contributed by atoms with Gasteiger partial charge in [-0.3, -0.25) is 19.0 Å². The first-order chi connectivity index (χ1) is 16.0. The maximum atomic E-state index is 12.9. The van der Waals surface area contributed by atoms with Gasteiger partial charge in [-0.1, -0.05) is 29.8 Å². The summed E-state index contributed by atoms with van der Waals surface area (Å²) in [6.45, 7) is 2.64. The third-order valence-electron chi connectivity index (χ3n) is 5.95. The topological polar surface area (TPSA) is 90.3 Å². The number of rotatable bonds is 9. The molecular formula is C25H29N3O4S. The number of amides is 1. The molecule has 0 saturated carbocycles. The molecule has 1 aliphatic rings. The molecule has 0 saturated heterocycles. The van der Waals surface area contributed by atoms with Gasteiger partial charge >= 0.3 is 5.97 Å². The van der Waals surface area contributed by atoms with Gasteiger partial charge in [0.2, 0.25) is 5.91 Å². The summed E-state index contributed by atoms with van der Waals surface area (Å²) in [5.41, 5.74) is 3.38. The second-order valence-corrected chi connectivity index (χ2v) is 9.52. The molecule has 0 unspecified atom stereocenters. The molecule has 1 amide bonds. The molecule has 1 N–H and O–H groups in total. The smallest absolute Gasteiger partial charge is 0.307 e. The molecule has 0 radical (unpaired) electrons. The lowest BCUT2D eigenvalue weighted by Gasteiger charge is -2.10. The van der Waals surface area contributed by atoms with Crippen LogP contribution < -0.4 is 10.9 Å². The van der Waals surface area contributed by atoms with Crippen molar-refractivity contribution in [1.29, 1.82) is 0 Å². The van der Waals surface area contributed by atoms with Crippen LogP contribution in [0, 0.1) is 6.92 Å². The second kappa shape index (κ2) is 10.7. The third kappa shape index (κ3) is 5.87. The van der Waals surface area contributed by atoms with Gasteiger partial charge in [-0.15, -0.1) is 11.3 Å². The largest absolute Gasteiger partial charge is 0.464 e. The van der Waals surface area contributed by atoms with E-state index in [1.165, 1.54) is 21.3 Å². The SMILES string of the molecule is Cc1ccc(CCC(=O)NCCOC(=O)CCn2cnc3sc4c(c3c2=O)CCCC4)cc1. The summed E-state index contributed by atoms with van der Waals surface area (Å²) >= 11 is 1.61. The fourth-order valence-corrected chi connectivity index (χ4v) is 5.30. The van der Waals surface area contributed by atoms with E-state index in [0.29, 0.717) is 12.8 Å². The Bertz CT molecular complexity index is 1200. The van der Waals surface area contributed by atoms with Crippen molar-refractivity contribution in [3.63, 3.8) is 0 Å². The fourth-order valence-electron chi connectivity index (χ4n) is 4.08. The predicted octanol–water partition coefficient (Wildman–Crippen LogP) is 3.33. The molecule has 0 atom stereocenters. The molecular weight excluding hydrogens is 438 g/mol. The van der Waals surface area contributed by atoms with Gasteiger partial charge in [0.15, 0.2) is 0 Å². The highest BCUT2D eigenvalue weighted by Crippen LogP contribution is 2.33. The number of aryl methyl sites for hydroxylation is 5. The molecule has 174 valence electrons. The number of thiophene rings is 1. The van der Waals surface area contributed by atoms with Crippen LogP contribution in [0.1, 0.15) is 47.3 Å². The number of fused-ring (bicyclic) bond motifs is 3. The van der Waals surface area contributed by atoms with Crippen LogP contribution in [-0.4, -0.2) is 34.6 Å². The molecule has 2 heterocycles. The van der Waals surface area contributed by atoms with Crippen LogP contribution in [0.25, 0.3) is 10.2 Å². The van der Waals surface area contributed by atoms with Crippen LogP contribution in [0.4, 0.5) is 0 Å². The van der Waals surface area contributed by atoms with E-state index in [9.17, 15) is 14.4 Å². The van der Waals surface area contributed by atoms with Crippen molar-refractivity contribution in [2.45, 2.75) is 58.4 Å². The number of esters is 1. The summed E-state index contributed by atoms with van der Waals surface area (Å²) in [6, 6.07) is 8.11. The highest BCUT2D eigenvalue weighted by molar-refractivity contribution is 7.18. The van der Waals surface area contributed by atoms with Crippen molar-refractivity contribution < 1.29 is 14.3 Å². The van der Waals surface area contributed by atoms with Crippen LogP contribution in [0.2, 0.25) is 0 Å². The maximum absolute atomic E-state index is 12.9. The predicted molar refractivity (Wildman–Crippen MR) is 129 cm³/mol. The fraction of sp³-hybridized carbons (Fsp3) is 0.440. The Morgan fingerprint density at radius 2 is 1.94 bits per heavy atom. The molecule has 1 aliphatic carbocycles. The van der Waals surface area contributed by atoms with Crippen molar-refractivity contribution in [3.05, 3.63) is 62.5 Å². The standard InChI is InChI=1S/C25H29N3O4S/c1-17-6-8-18(9-7-17)10-11-21(29)26-13-15-32-22(30)12-14-28-16-27-24-23(25(28)31)19-4-2-3-5-20(19)33-24/h6-9,16H,2-5,10-15H2,1H3,(H,26,29). The number of nitrogens with one attached hydrogen (secondary N) is 1. The lowest BCUT2D eigenvalue weighted by molar-refractivity contribution is -0.144. The lowest BCUT2D eigenvalue weighted by Crippen LogP contribution is -2.28. The van der Waals surface area contributed by atoms with E-state index in [4.69, 9.17) is 4.74 Å². The van der Waals surface area contributed by atoms with Crippen LogP contribution in [0.3, 0.4) is 0 Å².